The maximum absolute atomic E-state index is 14.0. The number of allylic oxidation sites excluding steroid dienone is 2. The summed E-state index contributed by atoms with van der Waals surface area (Å²) >= 11 is 3.57. The molecule has 0 spiro atoms. The van der Waals surface area contributed by atoms with Crippen molar-refractivity contribution >= 4 is 69.9 Å². The van der Waals surface area contributed by atoms with Crippen LogP contribution in [-0.2, 0) is 19.1 Å². The molecule has 2 amide bonds. The number of anilines is 2. The number of ether oxygens (including phenoxy) is 3. The lowest BCUT2D eigenvalue weighted by molar-refractivity contribution is -0.122. The fraction of sp³-hybridized carbons (Fsp3) is 0.367. The van der Waals surface area contributed by atoms with Crippen molar-refractivity contribution in [2.45, 2.75) is 64.7 Å². The molecule has 342 valence electrons. The minimum Gasteiger partial charge on any atom is -0.543 e. The van der Waals surface area contributed by atoms with Crippen molar-refractivity contribution < 1.29 is 28.2 Å². The molecule has 65 heavy (non-hydrogen) atoms. The van der Waals surface area contributed by atoms with E-state index in [9.17, 15) is 9.59 Å². The molecule has 2 aliphatic rings. The third kappa shape index (κ3) is 10.9. The molecule has 5 aromatic rings. The van der Waals surface area contributed by atoms with E-state index in [-0.39, 0.29) is 22.9 Å². The van der Waals surface area contributed by atoms with Gasteiger partial charge in [-0.2, -0.15) is 5.10 Å². The number of hydrogen-bond donors (Lipinski definition) is 2. The van der Waals surface area contributed by atoms with Gasteiger partial charge in [0, 0.05) is 54.3 Å². The Bertz CT molecular complexity index is 2580. The van der Waals surface area contributed by atoms with Crippen LogP contribution in [0.3, 0.4) is 0 Å². The Kier molecular flexibility index (Phi) is 15.0. The van der Waals surface area contributed by atoms with Crippen molar-refractivity contribution in [1.29, 1.82) is 0 Å². The van der Waals surface area contributed by atoms with E-state index < -0.39 is 8.32 Å². The highest BCUT2D eigenvalue weighted by atomic mass is 79.9. The minimum absolute atomic E-state index is 0.000638. The van der Waals surface area contributed by atoms with E-state index in [0.29, 0.717) is 67.1 Å². The van der Waals surface area contributed by atoms with Gasteiger partial charge < -0.3 is 34.6 Å². The topological polar surface area (TPSA) is 159 Å². The Labute approximate surface area is 390 Å². The highest BCUT2D eigenvalue weighted by Crippen LogP contribution is 2.43. The van der Waals surface area contributed by atoms with Crippen molar-refractivity contribution in [3.05, 3.63) is 114 Å². The first kappa shape index (κ1) is 47.3. The molecule has 4 heterocycles. The van der Waals surface area contributed by atoms with Gasteiger partial charge >= 0.3 is 0 Å². The molecule has 7 rings (SSSR count). The van der Waals surface area contributed by atoms with Crippen LogP contribution in [0.4, 0.5) is 11.5 Å². The van der Waals surface area contributed by atoms with Crippen LogP contribution < -0.4 is 25.1 Å². The zero-order valence-corrected chi connectivity index (χ0v) is 40.7. The molecule has 0 saturated carbocycles. The first-order chi connectivity index (χ1) is 31.2. The summed E-state index contributed by atoms with van der Waals surface area (Å²) in [5.41, 5.74) is 11.8. The Balaban J connectivity index is 0.913. The van der Waals surface area contributed by atoms with E-state index in [1.54, 1.807) is 24.5 Å². The van der Waals surface area contributed by atoms with Gasteiger partial charge in [0.15, 0.2) is 5.65 Å². The molecule has 0 radical (unpaired) electrons. The quantitative estimate of drug-likeness (QED) is 0.0283. The van der Waals surface area contributed by atoms with Gasteiger partial charge in [0.25, 0.3) is 5.91 Å². The van der Waals surface area contributed by atoms with E-state index in [0.717, 1.165) is 70.6 Å². The van der Waals surface area contributed by atoms with Crippen LogP contribution in [0.25, 0.3) is 33.6 Å². The van der Waals surface area contributed by atoms with Gasteiger partial charge in [0.1, 0.15) is 29.3 Å². The number of carbonyl (C=O) groups is 2. The Hall–Kier alpha value is -5.65. The molecule has 0 atom stereocenters. The third-order valence-electron chi connectivity index (χ3n) is 12.2. The fourth-order valence-corrected chi connectivity index (χ4v) is 9.14. The number of carbonyl (C=O) groups excluding carboxylic acids is 2. The summed E-state index contributed by atoms with van der Waals surface area (Å²) in [5, 5.41) is 9.30. The maximum atomic E-state index is 14.0. The lowest BCUT2D eigenvalue weighted by Gasteiger charge is -2.36. The number of amides is 2. The fourth-order valence-electron chi connectivity index (χ4n) is 7.76. The summed E-state index contributed by atoms with van der Waals surface area (Å²) in [6.07, 6.45) is 8.29. The number of rotatable bonds is 18. The Morgan fingerprint density at radius 1 is 0.985 bits per heavy atom. The summed E-state index contributed by atoms with van der Waals surface area (Å²) in [4.78, 5) is 39.4. The summed E-state index contributed by atoms with van der Waals surface area (Å²) in [6.45, 7) is 20.9. The third-order valence-corrected chi connectivity index (χ3v) is 17.0. The first-order valence-electron chi connectivity index (χ1n) is 22.0. The van der Waals surface area contributed by atoms with Gasteiger partial charge in [-0.25, -0.2) is 19.5 Å². The molecule has 2 aliphatic heterocycles. The average Bonchev–Trinajstić information content (AvgIpc) is 3.80. The van der Waals surface area contributed by atoms with Gasteiger partial charge in [0.2, 0.25) is 14.2 Å². The van der Waals surface area contributed by atoms with Crippen molar-refractivity contribution in [3.63, 3.8) is 0 Å². The molecule has 14 nitrogen and oxygen atoms in total. The van der Waals surface area contributed by atoms with Crippen molar-refractivity contribution in [2.24, 2.45) is 0 Å². The van der Waals surface area contributed by atoms with E-state index in [1.165, 1.54) is 18.2 Å². The van der Waals surface area contributed by atoms with Crippen molar-refractivity contribution in [1.82, 2.24) is 30.0 Å². The number of nitrogens with one attached hydrogen (secondary N) is 1. The van der Waals surface area contributed by atoms with Crippen LogP contribution in [0, 0.1) is 0 Å². The predicted molar refractivity (Wildman–Crippen MR) is 263 cm³/mol. The van der Waals surface area contributed by atoms with Gasteiger partial charge in [-0.1, -0.05) is 61.5 Å². The maximum Gasteiger partial charge on any atom is 0.267 e. The number of fused-ring (bicyclic) bond motifs is 2. The van der Waals surface area contributed by atoms with Crippen LogP contribution in [-0.4, -0.2) is 97.4 Å². The van der Waals surface area contributed by atoms with E-state index in [4.69, 9.17) is 29.5 Å². The number of imide groups is 1. The predicted octanol–water partition coefficient (Wildman–Crippen LogP) is 9.02. The van der Waals surface area contributed by atoms with Crippen LogP contribution in [0.1, 0.15) is 57.7 Å². The van der Waals surface area contributed by atoms with Crippen LogP contribution in [0.5, 0.6) is 11.5 Å². The molecule has 1 fully saturated rings. The molecule has 2 aromatic heterocycles. The zero-order chi connectivity index (χ0) is 46.3. The number of piperidine rings is 1. The normalized spacial score (nSPS) is 15.7. The second kappa shape index (κ2) is 20.7. The lowest BCUT2D eigenvalue weighted by Crippen LogP contribution is -2.43. The molecular weight excluding hydrogens is 905 g/mol. The van der Waals surface area contributed by atoms with E-state index in [2.05, 4.69) is 76.6 Å². The first-order valence-corrected chi connectivity index (χ1v) is 25.7. The van der Waals surface area contributed by atoms with Crippen LogP contribution in [0.15, 0.2) is 103 Å². The summed E-state index contributed by atoms with van der Waals surface area (Å²) in [7, 11) is -2.15. The standard InChI is InChI=1S/C49H59BrN8O6Si/c1-8-9-25-63-38-16-13-34(14-17-38)45-43-46(51)53-32-54-47(43)58(55-45)37-19-22-56(23-20-37)24-27-62-29-28-61-26-21-52-44(35-11-10-12-39(30-35)64-65(6,7)49(3,4)5)42-40-31-36(50)15-18-41(40)57(33(2)59)48(42)60/h8-18,25,30-32,37,52H,1,19-24,26-29H2,2-7H3,(H2,51,53,54)/b25-9+,44-42-. The number of aromatic nitrogens is 4. The van der Waals surface area contributed by atoms with Crippen molar-refractivity contribution in [2.75, 3.05) is 63.2 Å². The number of nitrogens with two attached hydrogens (primary N) is 1. The number of benzene rings is 3. The van der Waals surface area contributed by atoms with E-state index >= 15 is 0 Å². The lowest BCUT2D eigenvalue weighted by atomic mass is 10.00. The molecule has 0 unspecified atom stereocenters. The summed E-state index contributed by atoms with van der Waals surface area (Å²) in [5.74, 6) is 1.11. The smallest absolute Gasteiger partial charge is 0.267 e. The average molecular weight is 964 g/mol. The van der Waals surface area contributed by atoms with Crippen molar-refractivity contribution in [3.8, 4) is 22.8 Å². The zero-order valence-electron chi connectivity index (χ0n) is 38.1. The molecular formula is C49H59BrN8O6Si. The second-order valence-corrected chi connectivity index (χ2v) is 23.3. The van der Waals surface area contributed by atoms with Gasteiger partial charge in [-0.05, 0) is 91.6 Å². The number of likely N-dealkylation sites (tertiary alicyclic amines) is 1. The molecule has 3 aromatic carbocycles. The van der Waals surface area contributed by atoms with Crippen LogP contribution in [0.2, 0.25) is 18.1 Å². The molecule has 16 heteroatoms. The number of hydrogen-bond acceptors (Lipinski definition) is 12. The largest absolute Gasteiger partial charge is 0.543 e. The molecule has 0 aliphatic carbocycles. The minimum atomic E-state index is -2.15. The molecule has 3 N–H and O–H groups in total. The molecule has 0 bridgehead atoms. The highest BCUT2D eigenvalue weighted by molar-refractivity contribution is 9.10. The number of halogens is 1. The van der Waals surface area contributed by atoms with Gasteiger partial charge in [-0.15, -0.1) is 0 Å². The van der Waals surface area contributed by atoms with Crippen LogP contribution >= 0.6 is 15.9 Å². The van der Waals surface area contributed by atoms with Gasteiger partial charge in [-0.3, -0.25) is 9.59 Å². The molecule has 1 saturated heterocycles. The van der Waals surface area contributed by atoms with E-state index in [1.807, 2.05) is 65.3 Å². The summed E-state index contributed by atoms with van der Waals surface area (Å²) in [6, 6.07) is 21.2. The summed E-state index contributed by atoms with van der Waals surface area (Å²) < 4.78 is 27.1. The number of nitrogen functional groups attached to an aromatic ring is 1. The number of nitrogens with zero attached hydrogens (tertiary/aromatic N) is 6. The van der Waals surface area contributed by atoms with Gasteiger partial charge in [0.05, 0.1) is 61.1 Å². The SMILES string of the molecule is C=C/C=C/Oc1ccc(-c2nn(C3CCN(CCOCCOCCN/C(=C4\C(=O)N(C(C)=O)c5ccc(Br)cc54)c4cccc(O[Si](C)(C)C(C)(C)C)c4)CC3)c3ncnc(N)c23)cc1. The Morgan fingerprint density at radius 2 is 1.72 bits per heavy atom. The highest BCUT2D eigenvalue weighted by Gasteiger charge is 2.40. The second-order valence-electron chi connectivity index (χ2n) is 17.6. The Morgan fingerprint density at radius 3 is 2.43 bits per heavy atom. The monoisotopic (exact) mass is 962 g/mol.